The Hall–Kier alpha value is -1.17. The van der Waals surface area contributed by atoms with Gasteiger partial charge in [-0.05, 0) is 43.6 Å². The molecule has 1 amide bonds. The highest BCUT2D eigenvalue weighted by atomic mass is 35.5. The van der Waals surface area contributed by atoms with Crippen molar-refractivity contribution in [3.8, 4) is 0 Å². The predicted octanol–water partition coefficient (Wildman–Crippen LogP) is 1.40. The van der Waals surface area contributed by atoms with E-state index < -0.39 is 6.10 Å². The van der Waals surface area contributed by atoms with Crippen LogP contribution in [-0.4, -0.2) is 30.6 Å². The van der Waals surface area contributed by atoms with Crippen LogP contribution < -0.4 is 10.6 Å². The van der Waals surface area contributed by atoms with E-state index in [4.69, 9.17) is 0 Å². The van der Waals surface area contributed by atoms with Gasteiger partial charge in [0.1, 0.15) is 5.82 Å². The molecular formula is C14H20ClFN2O2. The van der Waals surface area contributed by atoms with E-state index in [0.717, 1.165) is 25.9 Å². The largest absolute Gasteiger partial charge is 0.387 e. The fourth-order valence-corrected chi connectivity index (χ4v) is 2.23. The molecule has 1 aliphatic heterocycles. The van der Waals surface area contributed by atoms with Crippen molar-refractivity contribution in [2.24, 2.45) is 5.92 Å². The van der Waals surface area contributed by atoms with Gasteiger partial charge >= 0.3 is 0 Å². The topological polar surface area (TPSA) is 61.4 Å². The third-order valence-electron chi connectivity index (χ3n) is 3.43. The Morgan fingerprint density at radius 3 is 2.55 bits per heavy atom. The number of amides is 1. The van der Waals surface area contributed by atoms with Crippen LogP contribution in [0.5, 0.6) is 0 Å². The Labute approximate surface area is 124 Å². The summed E-state index contributed by atoms with van der Waals surface area (Å²) < 4.78 is 12.7. The van der Waals surface area contributed by atoms with E-state index in [-0.39, 0.29) is 36.6 Å². The maximum Gasteiger partial charge on any atom is 0.223 e. The Morgan fingerprint density at radius 2 is 1.95 bits per heavy atom. The smallest absolute Gasteiger partial charge is 0.223 e. The molecule has 0 aliphatic carbocycles. The van der Waals surface area contributed by atoms with Gasteiger partial charge in [0.05, 0.1) is 6.10 Å². The Bertz CT molecular complexity index is 422. The maximum atomic E-state index is 12.7. The molecule has 1 unspecified atom stereocenters. The van der Waals surface area contributed by atoms with Crippen LogP contribution in [0.25, 0.3) is 0 Å². The molecule has 0 spiro atoms. The summed E-state index contributed by atoms with van der Waals surface area (Å²) in [5.74, 6) is -0.320. The Morgan fingerprint density at radius 1 is 1.35 bits per heavy atom. The molecule has 1 atom stereocenters. The summed E-state index contributed by atoms with van der Waals surface area (Å²) in [6.45, 7) is 1.88. The van der Waals surface area contributed by atoms with Crippen LogP contribution in [0.4, 0.5) is 4.39 Å². The van der Waals surface area contributed by atoms with Crippen molar-refractivity contribution >= 4 is 18.3 Å². The maximum absolute atomic E-state index is 12.7. The van der Waals surface area contributed by atoms with Crippen LogP contribution in [0.1, 0.15) is 24.5 Å². The van der Waals surface area contributed by atoms with Gasteiger partial charge in [-0.3, -0.25) is 4.79 Å². The monoisotopic (exact) mass is 302 g/mol. The van der Waals surface area contributed by atoms with Crippen LogP contribution in [0, 0.1) is 11.7 Å². The molecule has 6 heteroatoms. The molecule has 4 nitrogen and oxygen atoms in total. The van der Waals surface area contributed by atoms with Gasteiger partial charge in [-0.2, -0.15) is 0 Å². The predicted molar refractivity (Wildman–Crippen MR) is 77.2 cm³/mol. The summed E-state index contributed by atoms with van der Waals surface area (Å²) >= 11 is 0. The zero-order chi connectivity index (χ0) is 13.7. The molecule has 0 saturated carbocycles. The van der Waals surface area contributed by atoms with Crippen molar-refractivity contribution in [2.45, 2.75) is 18.9 Å². The minimum Gasteiger partial charge on any atom is -0.387 e. The number of carbonyl (C=O) groups excluding carboxylic acids is 1. The summed E-state index contributed by atoms with van der Waals surface area (Å²) in [6.07, 6.45) is 0.864. The number of hydrogen-bond acceptors (Lipinski definition) is 3. The average Bonchev–Trinajstić information content (AvgIpc) is 2.46. The summed E-state index contributed by atoms with van der Waals surface area (Å²) in [5, 5.41) is 15.9. The fraction of sp³-hybridized carbons (Fsp3) is 0.500. The minimum absolute atomic E-state index is 0. The number of rotatable bonds is 4. The molecule has 1 heterocycles. The lowest BCUT2D eigenvalue weighted by molar-refractivity contribution is -0.126. The molecule has 0 aromatic heterocycles. The van der Waals surface area contributed by atoms with Crippen LogP contribution in [-0.2, 0) is 4.79 Å². The number of carbonyl (C=O) groups is 1. The molecule has 1 fully saturated rings. The molecule has 0 bridgehead atoms. The van der Waals surface area contributed by atoms with Gasteiger partial charge in [-0.25, -0.2) is 4.39 Å². The van der Waals surface area contributed by atoms with Gasteiger partial charge in [-0.15, -0.1) is 12.4 Å². The molecule has 2 rings (SSSR count). The molecule has 3 N–H and O–H groups in total. The van der Waals surface area contributed by atoms with Crippen LogP contribution in [0.2, 0.25) is 0 Å². The quantitative estimate of drug-likeness (QED) is 0.788. The second-order valence-corrected chi connectivity index (χ2v) is 4.84. The first-order valence-corrected chi connectivity index (χ1v) is 6.59. The van der Waals surface area contributed by atoms with Gasteiger partial charge in [0.2, 0.25) is 5.91 Å². The van der Waals surface area contributed by atoms with E-state index in [9.17, 15) is 14.3 Å². The van der Waals surface area contributed by atoms with E-state index >= 15 is 0 Å². The number of aliphatic hydroxyl groups is 1. The molecule has 0 radical (unpaired) electrons. The zero-order valence-electron chi connectivity index (χ0n) is 11.1. The van der Waals surface area contributed by atoms with E-state index in [1.807, 2.05) is 0 Å². The van der Waals surface area contributed by atoms with E-state index in [1.54, 1.807) is 0 Å². The van der Waals surface area contributed by atoms with Gasteiger partial charge in [0.15, 0.2) is 0 Å². The first-order valence-electron chi connectivity index (χ1n) is 6.59. The Kier molecular flexibility index (Phi) is 6.91. The highest BCUT2D eigenvalue weighted by molar-refractivity contribution is 5.85. The van der Waals surface area contributed by atoms with Crippen molar-refractivity contribution in [1.29, 1.82) is 0 Å². The van der Waals surface area contributed by atoms with Crippen molar-refractivity contribution in [3.63, 3.8) is 0 Å². The van der Waals surface area contributed by atoms with Crippen molar-refractivity contribution < 1.29 is 14.3 Å². The molecular weight excluding hydrogens is 283 g/mol. The minimum atomic E-state index is -0.800. The lowest BCUT2D eigenvalue weighted by atomic mass is 9.97. The fourth-order valence-electron chi connectivity index (χ4n) is 2.23. The number of hydrogen-bond donors (Lipinski definition) is 3. The lowest BCUT2D eigenvalue weighted by Crippen LogP contribution is -2.39. The average molecular weight is 303 g/mol. The van der Waals surface area contributed by atoms with Gasteiger partial charge in [0, 0.05) is 12.5 Å². The standard InChI is InChI=1S/C14H19FN2O2.ClH/c15-12-3-1-10(2-4-12)13(18)9-17-14(19)11-5-7-16-8-6-11;/h1-4,11,13,16,18H,5-9H2,(H,17,19);1H. The second kappa shape index (κ2) is 8.19. The third kappa shape index (κ3) is 4.74. The first-order chi connectivity index (χ1) is 9.16. The lowest BCUT2D eigenvalue weighted by Gasteiger charge is -2.22. The normalized spacial score (nSPS) is 17.1. The first kappa shape index (κ1) is 16.9. The zero-order valence-corrected chi connectivity index (χ0v) is 12.0. The Balaban J connectivity index is 0.00000200. The summed E-state index contributed by atoms with van der Waals surface area (Å²) in [6, 6.07) is 5.65. The van der Waals surface area contributed by atoms with Gasteiger partial charge in [0.25, 0.3) is 0 Å². The summed E-state index contributed by atoms with van der Waals surface area (Å²) in [5.41, 5.74) is 0.604. The van der Waals surface area contributed by atoms with Crippen LogP contribution >= 0.6 is 12.4 Å². The van der Waals surface area contributed by atoms with E-state index in [1.165, 1.54) is 24.3 Å². The molecule has 1 saturated heterocycles. The van der Waals surface area contributed by atoms with Crippen molar-refractivity contribution in [3.05, 3.63) is 35.6 Å². The second-order valence-electron chi connectivity index (χ2n) is 4.84. The number of halogens is 2. The summed E-state index contributed by atoms with van der Waals surface area (Å²) in [4.78, 5) is 11.9. The van der Waals surface area contributed by atoms with E-state index in [2.05, 4.69) is 10.6 Å². The molecule has 112 valence electrons. The number of benzene rings is 1. The van der Waals surface area contributed by atoms with Gasteiger partial charge < -0.3 is 15.7 Å². The van der Waals surface area contributed by atoms with Crippen LogP contribution in [0.3, 0.4) is 0 Å². The molecule has 1 aliphatic rings. The number of nitrogens with one attached hydrogen (secondary N) is 2. The highest BCUT2D eigenvalue weighted by Crippen LogP contribution is 2.14. The SMILES string of the molecule is Cl.O=C(NCC(O)c1ccc(F)cc1)C1CCNCC1. The van der Waals surface area contributed by atoms with Crippen molar-refractivity contribution in [1.82, 2.24) is 10.6 Å². The van der Waals surface area contributed by atoms with E-state index in [0.29, 0.717) is 5.56 Å². The third-order valence-corrected chi connectivity index (χ3v) is 3.43. The van der Waals surface area contributed by atoms with Crippen LogP contribution in [0.15, 0.2) is 24.3 Å². The summed E-state index contributed by atoms with van der Waals surface area (Å²) in [7, 11) is 0. The molecule has 1 aromatic carbocycles. The number of aliphatic hydroxyl groups excluding tert-OH is 1. The number of piperidine rings is 1. The van der Waals surface area contributed by atoms with Crippen molar-refractivity contribution in [2.75, 3.05) is 19.6 Å². The molecule has 20 heavy (non-hydrogen) atoms. The van der Waals surface area contributed by atoms with Gasteiger partial charge in [-0.1, -0.05) is 12.1 Å². The molecule has 1 aromatic rings. The highest BCUT2D eigenvalue weighted by Gasteiger charge is 2.21.